The molecule has 1 unspecified atom stereocenters. The van der Waals surface area contributed by atoms with Gasteiger partial charge in [-0.3, -0.25) is 4.79 Å². The molecule has 0 aliphatic rings. The topological polar surface area (TPSA) is 103 Å². The molecule has 6 heteroatoms. The fourth-order valence-corrected chi connectivity index (χ4v) is 3.75. The molecule has 0 radical (unpaired) electrons. The van der Waals surface area contributed by atoms with Gasteiger partial charge >= 0.3 is 0 Å². The maximum Gasteiger partial charge on any atom is 0.231 e. The van der Waals surface area contributed by atoms with Gasteiger partial charge in [-0.05, 0) is 42.7 Å². The van der Waals surface area contributed by atoms with Crippen LogP contribution in [0.2, 0.25) is 0 Å². The molecule has 0 fully saturated rings. The predicted octanol–water partition coefficient (Wildman–Crippen LogP) is 4.71. The van der Waals surface area contributed by atoms with E-state index in [0.29, 0.717) is 28.9 Å². The Bertz CT molecular complexity index is 1090. The number of hydrogen-bond acceptors (Lipinski definition) is 5. The van der Waals surface area contributed by atoms with E-state index in [0.717, 1.165) is 25.7 Å². The zero-order chi connectivity index (χ0) is 21.1. The van der Waals surface area contributed by atoms with E-state index in [1.807, 2.05) is 4.57 Å². The van der Waals surface area contributed by atoms with Crippen molar-refractivity contribution in [1.29, 1.82) is 0 Å². The lowest BCUT2D eigenvalue weighted by atomic mass is 9.97. The van der Waals surface area contributed by atoms with Crippen molar-refractivity contribution in [3.8, 4) is 34.3 Å². The SMILES string of the molecule is CCCCC(CC)Cn1c(-c2ccc(O)c(O)c2)c(O)c(=O)c2ccc(O)cc21. The Morgan fingerprint density at radius 3 is 2.38 bits per heavy atom. The third kappa shape index (κ3) is 4.01. The molecule has 29 heavy (non-hydrogen) atoms. The lowest BCUT2D eigenvalue weighted by molar-refractivity contribution is 0.391. The van der Waals surface area contributed by atoms with E-state index in [9.17, 15) is 25.2 Å². The molecule has 0 bridgehead atoms. The summed E-state index contributed by atoms with van der Waals surface area (Å²) in [4.78, 5) is 12.8. The first-order chi connectivity index (χ1) is 13.9. The van der Waals surface area contributed by atoms with Crippen LogP contribution in [-0.4, -0.2) is 25.0 Å². The third-order valence-corrected chi connectivity index (χ3v) is 5.46. The summed E-state index contributed by atoms with van der Waals surface area (Å²) >= 11 is 0. The number of aromatic hydroxyl groups is 4. The largest absolute Gasteiger partial charge is 0.508 e. The van der Waals surface area contributed by atoms with Gasteiger partial charge < -0.3 is 25.0 Å². The maximum atomic E-state index is 12.8. The minimum atomic E-state index is -0.541. The summed E-state index contributed by atoms with van der Waals surface area (Å²) in [6, 6.07) is 8.64. The molecule has 0 saturated carbocycles. The van der Waals surface area contributed by atoms with E-state index in [2.05, 4.69) is 13.8 Å². The van der Waals surface area contributed by atoms with Crippen LogP contribution in [0.25, 0.3) is 22.2 Å². The van der Waals surface area contributed by atoms with Gasteiger partial charge in [0.15, 0.2) is 17.2 Å². The molecule has 4 N–H and O–H groups in total. The molecular weight excluding hydrogens is 370 g/mol. The summed E-state index contributed by atoms with van der Waals surface area (Å²) in [5, 5.41) is 40.8. The Morgan fingerprint density at radius 1 is 0.966 bits per heavy atom. The second-order valence-electron chi connectivity index (χ2n) is 7.46. The van der Waals surface area contributed by atoms with Crippen molar-refractivity contribution in [2.75, 3.05) is 0 Å². The van der Waals surface area contributed by atoms with Crippen molar-refractivity contribution in [3.63, 3.8) is 0 Å². The second-order valence-corrected chi connectivity index (χ2v) is 7.46. The zero-order valence-electron chi connectivity index (χ0n) is 16.7. The van der Waals surface area contributed by atoms with Gasteiger partial charge in [0.25, 0.3) is 0 Å². The van der Waals surface area contributed by atoms with Crippen molar-refractivity contribution >= 4 is 10.9 Å². The van der Waals surface area contributed by atoms with E-state index < -0.39 is 11.2 Å². The highest BCUT2D eigenvalue weighted by molar-refractivity contribution is 5.87. The number of benzene rings is 2. The molecule has 0 aliphatic carbocycles. The molecule has 1 aromatic heterocycles. The first-order valence-electron chi connectivity index (χ1n) is 9.98. The molecule has 1 atom stereocenters. The van der Waals surface area contributed by atoms with Gasteiger partial charge in [-0.15, -0.1) is 0 Å². The molecule has 0 amide bonds. The third-order valence-electron chi connectivity index (χ3n) is 5.46. The van der Waals surface area contributed by atoms with Crippen LogP contribution in [0.15, 0.2) is 41.2 Å². The summed E-state index contributed by atoms with van der Waals surface area (Å²) in [5.41, 5.74) is 0.648. The van der Waals surface area contributed by atoms with E-state index in [-0.39, 0.29) is 22.9 Å². The van der Waals surface area contributed by atoms with Crippen LogP contribution in [0.4, 0.5) is 0 Å². The monoisotopic (exact) mass is 397 g/mol. The standard InChI is InChI=1S/C23H27NO5/c1-3-5-6-14(4-2)13-24-18-12-16(25)8-9-17(18)22(28)23(29)21(24)15-7-10-19(26)20(27)11-15/h7-12,14,25-27,29H,3-6,13H2,1-2H3. The first-order valence-corrected chi connectivity index (χ1v) is 9.98. The smallest absolute Gasteiger partial charge is 0.231 e. The van der Waals surface area contributed by atoms with Crippen LogP contribution >= 0.6 is 0 Å². The van der Waals surface area contributed by atoms with E-state index in [1.54, 1.807) is 6.07 Å². The predicted molar refractivity (Wildman–Crippen MR) is 114 cm³/mol. The van der Waals surface area contributed by atoms with Crippen LogP contribution in [-0.2, 0) is 6.54 Å². The van der Waals surface area contributed by atoms with Crippen LogP contribution in [0, 0.1) is 5.92 Å². The van der Waals surface area contributed by atoms with Gasteiger partial charge in [-0.25, -0.2) is 0 Å². The summed E-state index contributed by atoms with van der Waals surface area (Å²) < 4.78 is 1.83. The molecule has 154 valence electrons. The maximum absolute atomic E-state index is 12.8. The summed E-state index contributed by atoms with van der Waals surface area (Å²) in [7, 11) is 0. The van der Waals surface area contributed by atoms with Gasteiger partial charge in [0.2, 0.25) is 5.43 Å². The molecule has 3 aromatic rings. The molecule has 0 spiro atoms. The number of pyridine rings is 1. The average Bonchev–Trinajstić information content (AvgIpc) is 2.71. The lowest BCUT2D eigenvalue weighted by Gasteiger charge is -2.23. The van der Waals surface area contributed by atoms with Gasteiger partial charge in [-0.2, -0.15) is 0 Å². The molecule has 3 rings (SSSR count). The van der Waals surface area contributed by atoms with Gasteiger partial charge in [0.1, 0.15) is 5.75 Å². The highest BCUT2D eigenvalue weighted by Crippen LogP contribution is 2.36. The number of rotatable bonds is 7. The van der Waals surface area contributed by atoms with Gasteiger partial charge in [-0.1, -0.05) is 33.1 Å². The van der Waals surface area contributed by atoms with E-state index in [1.165, 1.54) is 30.3 Å². The number of fused-ring (bicyclic) bond motifs is 1. The van der Waals surface area contributed by atoms with Gasteiger partial charge in [0, 0.05) is 23.6 Å². The first kappa shape index (κ1) is 20.6. The number of aromatic nitrogens is 1. The van der Waals surface area contributed by atoms with Crippen molar-refractivity contribution in [2.24, 2.45) is 5.92 Å². The number of phenolic OH excluding ortho intramolecular Hbond substituents is 3. The summed E-state index contributed by atoms with van der Waals surface area (Å²) in [6.45, 7) is 4.78. The minimum Gasteiger partial charge on any atom is -0.508 e. The molecule has 0 saturated heterocycles. The van der Waals surface area contributed by atoms with Crippen molar-refractivity contribution < 1.29 is 20.4 Å². The Balaban J connectivity index is 2.31. The fraction of sp³-hybridized carbons (Fsp3) is 0.348. The van der Waals surface area contributed by atoms with Crippen molar-refractivity contribution in [2.45, 2.75) is 46.1 Å². The minimum absolute atomic E-state index is 0.0254. The Kier molecular flexibility index (Phi) is 6.01. The van der Waals surface area contributed by atoms with E-state index >= 15 is 0 Å². The second kappa shape index (κ2) is 8.47. The number of phenols is 3. The molecule has 1 heterocycles. The average molecular weight is 397 g/mol. The quantitative estimate of drug-likeness (QED) is 0.433. The lowest BCUT2D eigenvalue weighted by Crippen LogP contribution is -2.17. The normalized spacial score (nSPS) is 12.3. The fourth-order valence-electron chi connectivity index (χ4n) is 3.75. The van der Waals surface area contributed by atoms with Crippen LogP contribution in [0.3, 0.4) is 0 Å². The van der Waals surface area contributed by atoms with E-state index in [4.69, 9.17) is 0 Å². The Labute approximate surface area is 169 Å². The zero-order valence-corrected chi connectivity index (χ0v) is 16.7. The number of hydrogen-bond donors (Lipinski definition) is 4. The highest BCUT2D eigenvalue weighted by atomic mass is 16.3. The van der Waals surface area contributed by atoms with Gasteiger partial charge in [0.05, 0.1) is 11.2 Å². The molecular formula is C23H27NO5. The highest BCUT2D eigenvalue weighted by Gasteiger charge is 2.21. The Hall–Kier alpha value is -3.15. The van der Waals surface area contributed by atoms with Crippen LogP contribution in [0.1, 0.15) is 39.5 Å². The number of unbranched alkanes of at least 4 members (excludes halogenated alkanes) is 1. The summed E-state index contributed by atoms with van der Waals surface area (Å²) in [5.74, 6) is -0.701. The molecule has 6 nitrogen and oxygen atoms in total. The van der Waals surface area contributed by atoms with Crippen molar-refractivity contribution in [1.82, 2.24) is 4.57 Å². The molecule has 0 aliphatic heterocycles. The molecule has 2 aromatic carbocycles. The number of nitrogens with zero attached hydrogens (tertiary/aromatic N) is 1. The summed E-state index contributed by atoms with van der Waals surface area (Å²) in [6.07, 6.45) is 4.07. The van der Waals surface area contributed by atoms with Crippen LogP contribution < -0.4 is 5.43 Å². The van der Waals surface area contributed by atoms with Crippen molar-refractivity contribution in [3.05, 3.63) is 46.6 Å². The Morgan fingerprint density at radius 2 is 1.72 bits per heavy atom. The van der Waals surface area contributed by atoms with Crippen LogP contribution in [0.5, 0.6) is 23.0 Å².